The van der Waals surface area contributed by atoms with Crippen LogP contribution < -0.4 is 10.1 Å². The molecule has 0 saturated carbocycles. The minimum atomic E-state index is -3.30. The van der Waals surface area contributed by atoms with Crippen LogP contribution in [0.15, 0.2) is 30.5 Å². The van der Waals surface area contributed by atoms with E-state index >= 15 is 0 Å². The lowest BCUT2D eigenvalue weighted by molar-refractivity contribution is -0.130. The number of carbonyl (C=O) groups is 1. The molecule has 32 heavy (non-hydrogen) atoms. The average Bonchev–Trinajstić information content (AvgIpc) is 2.79. The molecule has 1 amide bonds. The number of nitrogens with zero attached hydrogens (tertiary/aromatic N) is 3. The van der Waals surface area contributed by atoms with Crippen molar-refractivity contribution in [2.75, 3.05) is 31.6 Å². The van der Waals surface area contributed by atoms with Crippen LogP contribution in [0, 0.1) is 12.8 Å². The van der Waals surface area contributed by atoms with Gasteiger partial charge in [0.25, 0.3) is 5.92 Å². The molecule has 7 nitrogen and oxygen atoms in total. The van der Waals surface area contributed by atoms with Crippen LogP contribution in [0.25, 0.3) is 0 Å². The van der Waals surface area contributed by atoms with Gasteiger partial charge in [-0.25, -0.2) is 9.97 Å². The SMILES string of the molecule is CC(=O)N1CCC(COc2cnc(C)nc2N[C@H](C)c2cccc(C(F)(F)CO)c2)CC1. The molecule has 1 fully saturated rings. The van der Waals surface area contributed by atoms with E-state index in [4.69, 9.17) is 9.84 Å². The predicted molar refractivity (Wildman–Crippen MR) is 117 cm³/mol. The molecular formula is C23H30F2N4O3. The first-order valence-electron chi connectivity index (χ1n) is 10.8. The average molecular weight is 449 g/mol. The quantitative estimate of drug-likeness (QED) is 0.641. The Balaban J connectivity index is 1.68. The van der Waals surface area contributed by atoms with Crippen molar-refractivity contribution in [3.05, 3.63) is 47.4 Å². The third-order valence-corrected chi connectivity index (χ3v) is 5.77. The van der Waals surface area contributed by atoms with E-state index in [1.54, 1.807) is 32.2 Å². The minimum absolute atomic E-state index is 0.0950. The predicted octanol–water partition coefficient (Wildman–Crippen LogP) is 3.68. The molecule has 174 valence electrons. The molecule has 3 rings (SSSR count). The second-order valence-corrected chi connectivity index (χ2v) is 8.24. The Bertz CT molecular complexity index is 933. The standard InChI is InChI=1S/C23H30F2N4O3/c1-15(19-5-4-6-20(11-19)23(24,25)14-30)27-22-21(12-26-16(2)28-22)32-13-18-7-9-29(10-8-18)17(3)31/h4-6,11-12,15,18,30H,7-10,13-14H2,1-3H3,(H,26,27,28)/t15-/m1/s1. The van der Waals surface area contributed by atoms with Crippen LogP contribution in [0.3, 0.4) is 0 Å². The summed E-state index contributed by atoms with van der Waals surface area (Å²) in [5.41, 5.74) is 0.396. The van der Waals surface area contributed by atoms with E-state index in [-0.39, 0.29) is 17.5 Å². The zero-order chi connectivity index (χ0) is 23.3. The van der Waals surface area contributed by atoms with E-state index in [0.717, 1.165) is 25.9 Å². The molecule has 2 N–H and O–H groups in total. The highest BCUT2D eigenvalue weighted by atomic mass is 19.3. The Morgan fingerprint density at radius 2 is 2.09 bits per heavy atom. The van der Waals surface area contributed by atoms with Gasteiger partial charge in [0.1, 0.15) is 12.4 Å². The largest absolute Gasteiger partial charge is 0.488 e. The molecule has 1 aromatic carbocycles. The van der Waals surface area contributed by atoms with E-state index in [1.165, 1.54) is 12.1 Å². The van der Waals surface area contributed by atoms with E-state index < -0.39 is 12.5 Å². The van der Waals surface area contributed by atoms with Crippen LogP contribution in [0.5, 0.6) is 5.75 Å². The van der Waals surface area contributed by atoms with Crippen molar-refractivity contribution >= 4 is 11.7 Å². The Labute approximate surface area is 186 Å². The highest BCUT2D eigenvalue weighted by Gasteiger charge is 2.31. The van der Waals surface area contributed by atoms with E-state index in [2.05, 4.69) is 15.3 Å². The summed E-state index contributed by atoms with van der Waals surface area (Å²) >= 11 is 0. The number of alkyl halides is 2. The topological polar surface area (TPSA) is 87.6 Å². The fourth-order valence-electron chi connectivity index (χ4n) is 3.71. The lowest BCUT2D eigenvalue weighted by Gasteiger charge is -2.31. The molecule has 1 atom stereocenters. The smallest absolute Gasteiger partial charge is 0.295 e. The van der Waals surface area contributed by atoms with E-state index in [1.807, 2.05) is 11.8 Å². The maximum Gasteiger partial charge on any atom is 0.295 e. The molecule has 2 aromatic rings. The number of carbonyl (C=O) groups excluding carboxylic acids is 1. The number of hydrogen-bond acceptors (Lipinski definition) is 6. The minimum Gasteiger partial charge on any atom is -0.488 e. The molecule has 0 spiro atoms. The summed E-state index contributed by atoms with van der Waals surface area (Å²) in [6.07, 6.45) is 3.35. The summed E-state index contributed by atoms with van der Waals surface area (Å²) in [5.74, 6) is -1.33. The van der Waals surface area contributed by atoms with E-state index in [9.17, 15) is 13.6 Å². The van der Waals surface area contributed by atoms with Gasteiger partial charge >= 0.3 is 0 Å². The normalized spacial score (nSPS) is 16.0. The number of piperidine rings is 1. The Morgan fingerprint density at radius 1 is 1.38 bits per heavy atom. The van der Waals surface area contributed by atoms with Gasteiger partial charge in [-0.2, -0.15) is 8.78 Å². The number of rotatable bonds is 8. The Hall–Kier alpha value is -2.81. The number of nitrogens with one attached hydrogen (secondary N) is 1. The lowest BCUT2D eigenvalue weighted by atomic mass is 9.98. The van der Waals surface area contributed by atoms with Crippen molar-refractivity contribution in [2.45, 2.75) is 45.6 Å². The number of aliphatic hydroxyl groups excluding tert-OH is 1. The maximum absolute atomic E-state index is 13.9. The number of aromatic nitrogens is 2. The summed E-state index contributed by atoms with van der Waals surface area (Å²) in [6, 6.07) is 5.63. The molecule has 1 saturated heterocycles. The van der Waals surface area contributed by atoms with Gasteiger partial charge in [-0.05, 0) is 44.2 Å². The van der Waals surface area contributed by atoms with Gasteiger partial charge in [-0.1, -0.05) is 18.2 Å². The van der Waals surface area contributed by atoms with Crippen molar-refractivity contribution < 1.29 is 23.4 Å². The van der Waals surface area contributed by atoms with Crippen LogP contribution in [-0.2, 0) is 10.7 Å². The van der Waals surface area contributed by atoms with Crippen LogP contribution in [0.4, 0.5) is 14.6 Å². The molecule has 1 aliphatic rings. The van der Waals surface area contributed by atoms with Crippen LogP contribution >= 0.6 is 0 Å². The number of hydrogen-bond donors (Lipinski definition) is 2. The third-order valence-electron chi connectivity index (χ3n) is 5.77. The van der Waals surface area contributed by atoms with Gasteiger partial charge in [-0.3, -0.25) is 4.79 Å². The van der Waals surface area contributed by atoms with Gasteiger partial charge in [0.15, 0.2) is 11.6 Å². The van der Waals surface area contributed by atoms with Gasteiger partial charge in [0.05, 0.1) is 18.8 Å². The van der Waals surface area contributed by atoms with Crippen LogP contribution in [0.1, 0.15) is 49.7 Å². The van der Waals surface area contributed by atoms with Crippen molar-refractivity contribution in [1.29, 1.82) is 0 Å². The fourth-order valence-corrected chi connectivity index (χ4v) is 3.71. The molecule has 0 bridgehead atoms. The lowest BCUT2D eigenvalue weighted by Crippen LogP contribution is -2.38. The first-order chi connectivity index (χ1) is 15.2. The van der Waals surface area contributed by atoms with Crippen molar-refractivity contribution in [1.82, 2.24) is 14.9 Å². The van der Waals surface area contributed by atoms with Crippen molar-refractivity contribution in [3.63, 3.8) is 0 Å². The molecule has 0 unspecified atom stereocenters. The highest BCUT2D eigenvalue weighted by molar-refractivity contribution is 5.73. The number of ether oxygens (including phenoxy) is 1. The highest BCUT2D eigenvalue weighted by Crippen LogP contribution is 2.31. The maximum atomic E-state index is 13.9. The molecule has 9 heteroatoms. The van der Waals surface area contributed by atoms with Gasteiger partial charge in [-0.15, -0.1) is 0 Å². The Kier molecular flexibility index (Phi) is 7.60. The first kappa shape index (κ1) is 23.8. The molecule has 1 aromatic heterocycles. The molecular weight excluding hydrogens is 418 g/mol. The second kappa shape index (κ2) is 10.2. The number of likely N-dealkylation sites (tertiary alicyclic amines) is 1. The zero-order valence-electron chi connectivity index (χ0n) is 18.6. The molecule has 2 heterocycles. The summed E-state index contributed by atoms with van der Waals surface area (Å²) < 4.78 is 33.8. The Morgan fingerprint density at radius 3 is 2.75 bits per heavy atom. The number of halogens is 2. The van der Waals surface area contributed by atoms with Gasteiger partial charge in [0.2, 0.25) is 5.91 Å². The summed E-state index contributed by atoms with van der Waals surface area (Å²) in [6.45, 7) is 5.89. The summed E-state index contributed by atoms with van der Waals surface area (Å²) in [4.78, 5) is 22.0. The summed E-state index contributed by atoms with van der Waals surface area (Å²) in [7, 11) is 0. The second-order valence-electron chi connectivity index (χ2n) is 8.24. The number of anilines is 1. The van der Waals surface area contributed by atoms with Crippen LogP contribution in [-0.4, -0.2) is 52.2 Å². The number of amides is 1. The molecule has 0 radical (unpaired) electrons. The fraction of sp³-hybridized carbons (Fsp3) is 0.522. The van der Waals surface area contributed by atoms with Crippen molar-refractivity contribution in [2.24, 2.45) is 5.92 Å². The monoisotopic (exact) mass is 448 g/mol. The first-order valence-corrected chi connectivity index (χ1v) is 10.8. The van der Waals surface area contributed by atoms with Crippen molar-refractivity contribution in [3.8, 4) is 5.75 Å². The summed E-state index contributed by atoms with van der Waals surface area (Å²) in [5, 5.41) is 12.2. The van der Waals surface area contributed by atoms with Crippen LogP contribution in [0.2, 0.25) is 0 Å². The van der Waals surface area contributed by atoms with E-state index in [0.29, 0.717) is 35.5 Å². The molecule has 1 aliphatic heterocycles. The third kappa shape index (κ3) is 5.91. The zero-order valence-corrected chi connectivity index (χ0v) is 18.6. The number of aliphatic hydroxyl groups is 1. The number of benzene rings is 1. The van der Waals surface area contributed by atoms with Gasteiger partial charge < -0.3 is 20.1 Å². The van der Waals surface area contributed by atoms with Gasteiger partial charge in [0, 0.05) is 25.6 Å². The molecule has 0 aliphatic carbocycles. The number of aryl methyl sites for hydroxylation is 1.